The summed E-state index contributed by atoms with van der Waals surface area (Å²) in [6.45, 7) is 4.81. The summed E-state index contributed by atoms with van der Waals surface area (Å²) in [7, 11) is 0. The van der Waals surface area contributed by atoms with Gasteiger partial charge in [0.1, 0.15) is 23.4 Å². The quantitative estimate of drug-likeness (QED) is 0.913. The first kappa shape index (κ1) is 16.3. The van der Waals surface area contributed by atoms with Crippen LogP contribution in [0.5, 0.6) is 11.5 Å². The van der Waals surface area contributed by atoms with Gasteiger partial charge in [-0.25, -0.2) is 4.39 Å². The fourth-order valence-electron chi connectivity index (χ4n) is 2.79. The number of benzene rings is 2. The average Bonchev–Trinajstić information content (AvgIpc) is 2.92. The molecule has 0 aromatic heterocycles. The van der Waals surface area contributed by atoms with Crippen molar-refractivity contribution < 1.29 is 18.7 Å². The molecule has 0 saturated heterocycles. The zero-order valence-corrected chi connectivity index (χ0v) is 13.8. The van der Waals surface area contributed by atoms with E-state index < -0.39 is 0 Å². The third-order valence-corrected chi connectivity index (χ3v) is 3.92. The number of hydrogen-bond acceptors (Lipinski definition) is 3. The number of amides is 1. The van der Waals surface area contributed by atoms with E-state index in [9.17, 15) is 9.18 Å². The van der Waals surface area contributed by atoms with Gasteiger partial charge >= 0.3 is 0 Å². The summed E-state index contributed by atoms with van der Waals surface area (Å²) >= 11 is 0. The summed E-state index contributed by atoms with van der Waals surface area (Å²) in [4.78, 5) is 12.2. The molecule has 0 unspecified atom stereocenters. The van der Waals surface area contributed by atoms with Gasteiger partial charge in [0.25, 0.3) is 5.91 Å². The monoisotopic (exact) mass is 329 g/mol. The summed E-state index contributed by atoms with van der Waals surface area (Å²) in [6, 6.07) is 9.37. The van der Waals surface area contributed by atoms with E-state index in [0.717, 1.165) is 29.0 Å². The van der Waals surface area contributed by atoms with Crippen LogP contribution in [0.3, 0.4) is 0 Å². The number of halogens is 1. The summed E-state index contributed by atoms with van der Waals surface area (Å²) in [5, 5.41) is 2.84. The fraction of sp³-hybridized carbons (Fsp3) is 0.316. The molecule has 3 rings (SSSR count). The van der Waals surface area contributed by atoms with Gasteiger partial charge in [0.2, 0.25) is 0 Å². The SMILES string of the molecule is CCOc1cc2c(cc1CNC(=O)c1ccc(F)cc1)O[C@H](C)C2. The minimum absolute atomic E-state index is 0.151. The third kappa shape index (κ3) is 3.50. The van der Waals surface area contributed by atoms with Crippen LogP contribution < -0.4 is 14.8 Å². The van der Waals surface area contributed by atoms with Crippen molar-refractivity contribution in [1.29, 1.82) is 0 Å². The van der Waals surface area contributed by atoms with Crippen LogP contribution in [0.15, 0.2) is 36.4 Å². The largest absolute Gasteiger partial charge is 0.494 e. The molecule has 2 aromatic carbocycles. The molecule has 1 heterocycles. The molecule has 0 aliphatic carbocycles. The second kappa shape index (κ2) is 6.91. The third-order valence-electron chi connectivity index (χ3n) is 3.92. The molecule has 1 N–H and O–H groups in total. The van der Waals surface area contributed by atoms with Crippen LogP contribution in [0.2, 0.25) is 0 Å². The molecule has 126 valence electrons. The molecule has 0 bridgehead atoms. The smallest absolute Gasteiger partial charge is 0.251 e. The predicted molar refractivity (Wildman–Crippen MR) is 89.0 cm³/mol. The molecule has 1 aliphatic rings. The van der Waals surface area contributed by atoms with E-state index in [4.69, 9.17) is 9.47 Å². The fourth-order valence-corrected chi connectivity index (χ4v) is 2.79. The highest BCUT2D eigenvalue weighted by Crippen LogP contribution is 2.35. The van der Waals surface area contributed by atoms with Crippen molar-refractivity contribution >= 4 is 5.91 Å². The summed E-state index contributed by atoms with van der Waals surface area (Å²) in [6.07, 6.45) is 1.01. The van der Waals surface area contributed by atoms with E-state index in [0.29, 0.717) is 18.7 Å². The average molecular weight is 329 g/mol. The minimum Gasteiger partial charge on any atom is -0.494 e. The molecule has 2 aromatic rings. The molecular formula is C19H20FNO3. The van der Waals surface area contributed by atoms with Crippen molar-refractivity contribution in [3.05, 3.63) is 58.9 Å². The van der Waals surface area contributed by atoms with Crippen molar-refractivity contribution in [2.24, 2.45) is 0 Å². The van der Waals surface area contributed by atoms with Gasteiger partial charge in [-0.3, -0.25) is 4.79 Å². The molecule has 4 nitrogen and oxygen atoms in total. The van der Waals surface area contributed by atoms with E-state index in [1.165, 1.54) is 24.3 Å². The lowest BCUT2D eigenvalue weighted by molar-refractivity contribution is 0.0950. The van der Waals surface area contributed by atoms with Crippen LogP contribution in [0.4, 0.5) is 4.39 Å². The summed E-state index contributed by atoms with van der Waals surface area (Å²) in [5.74, 6) is 0.979. The lowest BCUT2D eigenvalue weighted by atomic mass is 10.1. The Morgan fingerprint density at radius 2 is 2.08 bits per heavy atom. The lowest BCUT2D eigenvalue weighted by Gasteiger charge is -2.13. The van der Waals surface area contributed by atoms with Crippen molar-refractivity contribution in [1.82, 2.24) is 5.32 Å². The second-order valence-electron chi connectivity index (χ2n) is 5.82. The standard InChI is InChI=1S/C19H20FNO3/c1-3-23-17-9-14-8-12(2)24-18(14)10-15(17)11-21-19(22)13-4-6-16(20)7-5-13/h4-7,9-10,12H,3,8,11H2,1-2H3,(H,21,22)/t12-/m1/s1. The molecule has 0 radical (unpaired) electrons. The maximum Gasteiger partial charge on any atom is 0.251 e. The molecule has 0 fully saturated rings. The van der Waals surface area contributed by atoms with E-state index >= 15 is 0 Å². The van der Waals surface area contributed by atoms with Crippen LogP contribution in [0.1, 0.15) is 35.3 Å². The topological polar surface area (TPSA) is 47.6 Å². The Labute approximate surface area is 140 Å². The number of carbonyl (C=O) groups excluding carboxylic acids is 1. The molecule has 0 spiro atoms. The molecule has 5 heteroatoms. The molecule has 1 aliphatic heterocycles. The van der Waals surface area contributed by atoms with Gasteiger partial charge in [-0.05, 0) is 50.2 Å². The Kier molecular flexibility index (Phi) is 4.69. The second-order valence-corrected chi connectivity index (χ2v) is 5.82. The summed E-state index contributed by atoms with van der Waals surface area (Å²) in [5.41, 5.74) is 2.40. The molecule has 1 amide bonds. The van der Waals surface area contributed by atoms with Crippen molar-refractivity contribution in [2.45, 2.75) is 32.9 Å². The zero-order valence-electron chi connectivity index (χ0n) is 13.8. The number of nitrogens with one attached hydrogen (secondary N) is 1. The molecular weight excluding hydrogens is 309 g/mol. The van der Waals surface area contributed by atoms with Gasteiger partial charge in [-0.2, -0.15) is 0 Å². The Hall–Kier alpha value is -2.56. The maximum absolute atomic E-state index is 12.9. The van der Waals surface area contributed by atoms with E-state index in [1.807, 2.05) is 26.0 Å². The van der Waals surface area contributed by atoms with E-state index in [1.54, 1.807) is 0 Å². The van der Waals surface area contributed by atoms with Gasteiger partial charge in [-0.1, -0.05) is 0 Å². The summed E-state index contributed by atoms with van der Waals surface area (Å²) < 4.78 is 24.4. The van der Waals surface area contributed by atoms with Crippen molar-refractivity contribution in [3.8, 4) is 11.5 Å². The van der Waals surface area contributed by atoms with Gasteiger partial charge in [0.15, 0.2) is 0 Å². The molecule has 0 saturated carbocycles. The number of carbonyl (C=O) groups is 1. The highest BCUT2D eigenvalue weighted by Gasteiger charge is 2.22. The van der Waals surface area contributed by atoms with Crippen LogP contribution in [0, 0.1) is 5.82 Å². The van der Waals surface area contributed by atoms with Crippen LogP contribution >= 0.6 is 0 Å². The Bertz CT molecular complexity index is 743. The van der Waals surface area contributed by atoms with Crippen molar-refractivity contribution in [2.75, 3.05) is 6.61 Å². The number of rotatable bonds is 5. The van der Waals surface area contributed by atoms with E-state index in [-0.39, 0.29) is 17.8 Å². The van der Waals surface area contributed by atoms with Gasteiger partial charge in [0, 0.05) is 29.7 Å². The predicted octanol–water partition coefficient (Wildman–Crippen LogP) is 3.48. The van der Waals surface area contributed by atoms with Gasteiger partial charge < -0.3 is 14.8 Å². The Morgan fingerprint density at radius 3 is 2.79 bits per heavy atom. The number of fused-ring (bicyclic) bond motifs is 1. The first-order chi connectivity index (χ1) is 11.6. The normalized spacial score (nSPS) is 15.5. The molecule has 1 atom stereocenters. The van der Waals surface area contributed by atoms with Crippen molar-refractivity contribution in [3.63, 3.8) is 0 Å². The lowest BCUT2D eigenvalue weighted by Crippen LogP contribution is -2.23. The maximum atomic E-state index is 12.9. The number of ether oxygens (including phenoxy) is 2. The van der Waals surface area contributed by atoms with Gasteiger partial charge in [-0.15, -0.1) is 0 Å². The molecule has 24 heavy (non-hydrogen) atoms. The Morgan fingerprint density at radius 1 is 1.33 bits per heavy atom. The highest BCUT2D eigenvalue weighted by molar-refractivity contribution is 5.94. The number of hydrogen-bond donors (Lipinski definition) is 1. The Balaban J connectivity index is 1.75. The van der Waals surface area contributed by atoms with Crippen LogP contribution in [0.25, 0.3) is 0 Å². The van der Waals surface area contributed by atoms with Crippen LogP contribution in [-0.4, -0.2) is 18.6 Å². The van der Waals surface area contributed by atoms with Crippen LogP contribution in [-0.2, 0) is 13.0 Å². The highest BCUT2D eigenvalue weighted by atomic mass is 19.1. The minimum atomic E-state index is -0.366. The van der Waals surface area contributed by atoms with E-state index in [2.05, 4.69) is 5.32 Å². The zero-order chi connectivity index (χ0) is 17.1. The first-order valence-electron chi connectivity index (χ1n) is 8.06. The van der Waals surface area contributed by atoms with Gasteiger partial charge in [0.05, 0.1) is 6.61 Å². The first-order valence-corrected chi connectivity index (χ1v) is 8.06.